The minimum absolute atomic E-state index is 0. The van der Waals surface area contributed by atoms with Gasteiger partial charge >= 0.3 is 0 Å². The average Bonchev–Trinajstić information content (AvgIpc) is 2.82. The molecule has 2 N–H and O–H groups in total. The number of alkyl halides is 1. The van der Waals surface area contributed by atoms with Crippen LogP contribution in [-0.4, -0.2) is 32.7 Å². The molecule has 1 atom stereocenters. The number of benzene rings is 1. The third-order valence-corrected chi connectivity index (χ3v) is 7.22. The van der Waals surface area contributed by atoms with E-state index >= 15 is 0 Å². The molecule has 0 aliphatic heterocycles. The normalized spacial score (nSPS) is 22.9. The van der Waals surface area contributed by atoms with Gasteiger partial charge in [-0.3, -0.25) is 14.2 Å². The molecule has 0 spiro atoms. The Morgan fingerprint density at radius 3 is 2.67 bits per heavy atom. The minimum atomic E-state index is -0.957. The second kappa shape index (κ2) is 8.74. The van der Waals surface area contributed by atoms with Crippen LogP contribution in [0.3, 0.4) is 0 Å². The molecule has 36 heavy (non-hydrogen) atoms. The number of hydrogen-bond acceptors (Lipinski definition) is 5. The van der Waals surface area contributed by atoms with E-state index in [-0.39, 0.29) is 32.4 Å². The first-order chi connectivity index (χ1) is 17.1. The summed E-state index contributed by atoms with van der Waals surface area (Å²) < 4.78 is 29.7. The molecular weight excluding hydrogens is 464 g/mol. The predicted octanol–water partition coefficient (Wildman–Crippen LogP) is 4.64. The smallest absolute Gasteiger partial charge is 0.270 e. The summed E-state index contributed by atoms with van der Waals surface area (Å²) in [5.41, 5.74) is 0.322. The lowest BCUT2D eigenvalue weighted by Crippen LogP contribution is -2.67. The predicted molar refractivity (Wildman–Crippen MR) is 139 cm³/mol. The maximum atomic E-state index is 14.7. The summed E-state index contributed by atoms with van der Waals surface area (Å²) in [5, 5.41) is 6.84. The molecule has 2 aromatic heterocycles. The number of nitrogens with one attached hydrogen (secondary N) is 2. The first-order valence-electron chi connectivity index (χ1n) is 11.8. The van der Waals surface area contributed by atoms with Crippen molar-refractivity contribution in [1.29, 1.82) is 0 Å². The molecule has 3 fully saturated rings. The average molecular weight is 496 g/mol. The lowest BCUT2D eigenvalue weighted by molar-refractivity contribution is -0.210. The number of carbonyl (C=O) groups excluding carboxylic acids is 1. The molecule has 6 rings (SSSR count). The highest BCUT2D eigenvalue weighted by Gasteiger charge is 2.68. The summed E-state index contributed by atoms with van der Waals surface area (Å²) >= 11 is 0. The highest BCUT2D eigenvalue weighted by Crippen LogP contribution is 2.69. The fraction of sp³-hybridized carbons (Fsp3) is 0.333. The number of nitrogens with zero attached hydrogens (tertiary/aromatic N) is 3. The van der Waals surface area contributed by atoms with Crippen molar-refractivity contribution in [1.82, 2.24) is 25.2 Å². The van der Waals surface area contributed by atoms with E-state index in [0.717, 1.165) is 17.0 Å². The summed E-state index contributed by atoms with van der Waals surface area (Å²) in [6.45, 7) is 9.88. The van der Waals surface area contributed by atoms with E-state index in [0.29, 0.717) is 36.9 Å². The highest BCUT2D eigenvalue weighted by molar-refractivity contribution is 5.92. The van der Waals surface area contributed by atoms with E-state index in [1.807, 2.05) is 13.0 Å². The second-order valence-corrected chi connectivity index (χ2v) is 9.96. The Labute approximate surface area is 209 Å². The van der Waals surface area contributed by atoms with Gasteiger partial charge in [0.05, 0.1) is 5.52 Å². The van der Waals surface area contributed by atoms with Crippen molar-refractivity contribution in [3.8, 4) is 0 Å². The topological polar surface area (TPSA) is 88.9 Å². The molecule has 190 valence electrons. The van der Waals surface area contributed by atoms with Crippen LogP contribution in [0, 0.1) is 11.4 Å². The van der Waals surface area contributed by atoms with Crippen LogP contribution in [0.1, 0.15) is 62.5 Å². The van der Waals surface area contributed by atoms with E-state index in [2.05, 4.69) is 33.8 Å². The molecule has 0 saturated heterocycles. The zero-order valence-electron chi connectivity index (χ0n) is 20.0. The molecule has 3 saturated carbocycles. The first-order valence-corrected chi connectivity index (χ1v) is 11.8. The third-order valence-electron chi connectivity index (χ3n) is 7.22. The number of halogens is 2. The SMILES string of the molecule is C=Cc1nc(C(=O)NCc2ccc3nc(F)c([C@H](C)NCC45CC(F)(C4)C5)cc3c2)cc(=O)n1C=C.[HH].[HH]. The molecular formula is C27H31F2N5O2. The minimum Gasteiger partial charge on any atom is -0.347 e. The van der Waals surface area contributed by atoms with E-state index in [1.54, 1.807) is 18.2 Å². The van der Waals surface area contributed by atoms with Gasteiger partial charge in [0.2, 0.25) is 5.95 Å². The van der Waals surface area contributed by atoms with Crippen LogP contribution in [0.2, 0.25) is 0 Å². The fourth-order valence-electron chi connectivity index (χ4n) is 5.39. The van der Waals surface area contributed by atoms with Crippen LogP contribution in [0.5, 0.6) is 0 Å². The van der Waals surface area contributed by atoms with Crippen molar-refractivity contribution in [2.45, 2.75) is 44.4 Å². The first kappa shape index (κ1) is 24.0. The lowest BCUT2D eigenvalue weighted by Gasteiger charge is -2.66. The van der Waals surface area contributed by atoms with Crippen molar-refractivity contribution < 1.29 is 16.4 Å². The van der Waals surface area contributed by atoms with Crippen LogP contribution in [-0.2, 0) is 6.54 Å². The standard InChI is InChI=1S/C27H27F2N5O2.2H2/c1-4-22-32-21(10-23(35)34(22)5-2)25(36)30-11-17-6-7-20-18(8-17)9-19(24(28)33-20)16(3)31-15-26-12-27(29,13-26)14-26;;/h4-10,16,31H,1-2,11-15H2,3H3,(H,30,36);2*1H/t16-,26?,27?;;/m0../s1. The van der Waals surface area contributed by atoms with Crippen LogP contribution in [0.25, 0.3) is 23.2 Å². The number of rotatable bonds is 9. The second-order valence-electron chi connectivity index (χ2n) is 9.96. The third kappa shape index (κ3) is 4.24. The van der Waals surface area contributed by atoms with Gasteiger partial charge in [0.1, 0.15) is 17.2 Å². The van der Waals surface area contributed by atoms with Crippen molar-refractivity contribution in [2.24, 2.45) is 5.41 Å². The van der Waals surface area contributed by atoms with Crippen LogP contribution < -0.4 is 16.2 Å². The maximum Gasteiger partial charge on any atom is 0.270 e. The number of carbonyl (C=O) groups is 1. The number of pyridine rings is 1. The van der Waals surface area contributed by atoms with Crippen LogP contribution in [0.4, 0.5) is 8.78 Å². The van der Waals surface area contributed by atoms with Crippen molar-refractivity contribution in [2.75, 3.05) is 6.54 Å². The molecule has 1 aromatic carbocycles. The van der Waals surface area contributed by atoms with Gasteiger partial charge in [0.15, 0.2) is 0 Å². The molecule has 2 heterocycles. The Bertz CT molecular complexity index is 1460. The molecule has 3 aromatic rings. The molecule has 7 nitrogen and oxygen atoms in total. The maximum absolute atomic E-state index is 14.7. The van der Waals surface area contributed by atoms with E-state index in [4.69, 9.17) is 0 Å². The molecule has 3 aliphatic rings. The number of fused-ring (bicyclic) bond motifs is 1. The van der Waals surface area contributed by atoms with Gasteiger partial charge in [0.25, 0.3) is 11.5 Å². The highest BCUT2D eigenvalue weighted by atomic mass is 19.1. The van der Waals surface area contributed by atoms with Gasteiger partial charge in [-0.1, -0.05) is 19.2 Å². The summed E-state index contributed by atoms with van der Waals surface area (Å²) in [4.78, 5) is 33.1. The number of hydrogen-bond donors (Lipinski definition) is 2. The van der Waals surface area contributed by atoms with Gasteiger partial charge in [0, 0.05) is 45.2 Å². The Morgan fingerprint density at radius 2 is 2.00 bits per heavy atom. The zero-order chi connectivity index (χ0) is 25.7. The number of aromatic nitrogens is 3. The van der Waals surface area contributed by atoms with Crippen LogP contribution >= 0.6 is 0 Å². The quantitative estimate of drug-likeness (QED) is 0.422. The molecule has 1 amide bonds. The summed E-state index contributed by atoms with van der Waals surface area (Å²) in [7, 11) is 0. The van der Waals surface area contributed by atoms with Crippen molar-refractivity contribution >= 4 is 29.1 Å². The van der Waals surface area contributed by atoms with Gasteiger partial charge in [-0.25, -0.2) is 14.4 Å². The Kier molecular flexibility index (Phi) is 5.83. The molecule has 9 heteroatoms. The molecule has 2 bridgehead atoms. The Morgan fingerprint density at radius 1 is 1.25 bits per heavy atom. The van der Waals surface area contributed by atoms with Crippen LogP contribution in [0.15, 0.2) is 48.3 Å². The van der Waals surface area contributed by atoms with Crippen molar-refractivity contribution in [3.63, 3.8) is 0 Å². The van der Waals surface area contributed by atoms with Gasteiger partial charge in [-0.05, 0) is 61.4 Å². The zero-order valence-corrected chi connectivity index (χ0v) is 20.0. The summed E-state index contributed by atoms with van der Waals surface area (Å²) in [6, 6.07) is 7.90. The lowest BCUT2D eigenvalue weighted by atomic mass is 9.42. The van der Waals surface area contributed by atoms with Gasteiger partial charge < -0.3 is 10.6 Å². The fourth-order valence-corrected chi connectivity index (χ4v) is 5.39. The molecule has 3 aliphatic carbocycles. The van der Waals surface area contributed by atoms with E-state index in [1.165, 1.54) is 16.8 Å². The van der Waals surface area contributed by atoms with Gasteiger partial charge in [-0.2, -0.15) is 4.39 Å². The van der Waals surface area contributed by atoms with Gasteiger partial charge in [-0.15, -0.1) is 0 Å². The molecule has 0 unspecified atom stereocenters. The number of amides is 1. The Balaban J connectivity index is 0.00000200. The Hall–Kier alpha value is -3.72. The van der Waals surface area contributed by atoms with Crippen molar-refractivity contribution in [3.05, 3.63) is 82.4 Å². The van der Waals surface area contributed by atoms with E-state index in [9.17, 15) is 18.4 Å². The largest absolute Gasteiger partial charge is 0.347 e. The summed E-state index contributed by atoms with van der Waals surface area (Å²) in [5.74, 6) is -0.831. The monoisotopic (exact) mass is 495 g/mol. The molecule has 0 radical (unpaired) electrons. The van der Waals surface area contributed by atoms with E-state index < -0.39 is 23.1 Å². The summed E-state index contributed by atoms with van der Waals surface area (Å²) in [6.07, 6.45) is 4.44.